The topological polar surface area (TPSA) is 12.4 Å². The first kappa shape index (κ1) is 10.1. The standard InChI is InChI=1S/C10H19NS/c1-2-3-4-5-6-7-10-11-8-9-12-10/h2-9H2,1H3. The van der Waals surface area contributed by atoms with E-state index in [9.17, 15) is 0 Å². The average molecular weight is 185 g/mol. The lowest BCUT2D eigenvalue weighted by molar-refractivity contribution is 0.644. The highest BCUT2D eigenvalue weighted by molar-refractivity contribution is 8.14. The van der Waals surface area contributed by atoms with Gasteiger partial charge in [0, 0.05) is 12.3 Å². The molecule has 0 saturated carbocycles. The smallest absolute Gasteiger partial charge is 0.0676 e. The minimum Gasteiger partial charge on any atom is -0.282 e. The second kappa shape index (κ2) is 6.53. The van der Waals surface area contributed by atoms with E-state index in [4.69, 9.17) is 0 Å². The van der Waals surface area contributed by atoms with Gasteiger partial charge in [0.1, 0.15) is 0 Å². The molecule has 0 saturated heterocycles. The maximum Gasteiger partial charge on any atom is 0.0676 e. The normalized spacial score (nSPS) is 16.6. The summed E-state index contributed by atoms with van der Waals surface area (Å²) in [5, 5.41) is 1.41. The molecule has 1 rings (SSSR count). The molecule has 0 spiro atoms. The van der Waals surface area contributed by atoms with Crippen molar-refractivity contribution in [2.45, 2.75) is 45.4 Å². The maximum atomic E-state index is 4.43. The van der Waals surface area contributed by atoms with Gasteiger partial charge in [-0.15, -0.1) is 11.8 Å². The van der Waals surface area contributed by atoms with E-state index in [1.165, 1.54) is 49.3 Å². The third kappa shape index (κ3) is 4.15. The van der Waals surface area contributed by atoms with Crippen LogP contribution in [0.15, 0.2) is 4.99 Å². The van der Waals surface area contributed by atoms with Crippen LogP contribution >= 0.6 is 11.8 Å². The zero-order valence-electron chi connectivity index (χ0n) is 8.01. The second-order valence-electron chi connectivity index (χ2n) is 3.29. The molecule has 1 aliphatic heterocycles. The molecule has 0 aromatic heterocycles. The van der Waals surface area contributed by atoms with Crippen LogP contribution in [0.2, 0.25) is 0 Å². The summed E-state index contributed by atoms with van der Waals surface area (Å²) in [4.78, 5) is 4.43. The molecule has 1 heterocycles. The largest absolute Gasteiger partial charge is 0.282 e. The molecule has 0 aromatic rings. The highest BCUT2D eigenvalue weighted by atomic mass is 32.2. The molecule has 1 nitrogen and oxygen atoms in total. The van der Waals surface area contributed by atoms with Gasteiger partial charge in [-0.3, -0.25) is 4.99 Å². The highest BCUT2D eigenvalue weighted by Gasteiger charge is 2.05. The van der Waals surface area contributed by atoms with E-state index in [2.05, 4.69) is 11.9 Å². The van der Waals surface area contributed by atoms with E-state index in [-0.39, 0.29) is 0 Å². The summed E-state index contributed by atoms with van der Waals surface area (Å²) < 4.78 is 0. The van der Waals surface area contributed by atoms with Crippen LogP contribution in [0.1, 0.15) is 45.4 Å². The lowest BCUT2D eigenvalue weighted by atomic mass is 10.1. The van der Waals surface area contributed by atoms with Crippen LogP contribution in [-0.2, 0) is 0 Å². The van der Waals surface area contributed by atoms with Gasteiger partial charge in [-0.25, -0.2) is 0 Å². The molecule has 0 aliphatic carbocycles. The highest BCUT2D eigenvalue weighted by Crippen LogP contribution is 2.17. The van der Waals surface area contributed by atoms with E-state index in [1.807, 2.05) is 11.8 Å². The summed E-state index contributed by atoms with van der Waals surface area (Å²) in [6.45, 7) is 3.33. The van der Waals surface area contributed by atoms with Crippen LogP contribution in [0.4, 0.5) is 0 Å². The molecular formula is C10H19NS. The van der Waals surface area contributed by atoms with Gasteiger partial charge in [0.2, 0.25) is 0 Å². The lowest BCUT2D eigenvalue weighted by Gasteiger charge is -1.99. The number of rotatable bonds is 6. The third-order valence-corrected chi connectivity index (χ3v) is 3.20. The Bertz CT molecular complexity index is 143. The van der Waals surface area contributed by atoms with Crippen LogP contribution in [0.5, 0.6) is 0 Å². The van der Waals surface area contributed by atoms with Gasteiger partial charge in [0.25, 0.3) is 0 Å². The van der Waals surface area contributed by atoms with Crippen LogP contribution in [-0.4, -0.2) is 17.3 Å². The SMILES string of the molecule is CCCCCCCC1=NCCS1. The molecule has 2 heteroatoms. The summed E-state index contributed by atoms with van der Waals surface area (Å²) in [7, 11) is 0. The number of hydrogen-bond donors (Lipinski definition) is 0. The van der Waals surface area contributed by atoms with Crippen molar-refractivity contribution in [3.05, 3.63) is 0 Å². The Morgan fingerprint density at radius 2 is 2.08 bits per heavy atom. The van der Waals surface area contributed by atoms with Gasteiger partial charge in [-0.1, -0.05) is 32.6 Å². The molecular weight excluding hydrogens is 166 g/mol. The van der Waals surface area contributed by atoms with Crippen molar-refractivity contribution in [1.29, 1.82) is 0 Å². The van der Waals surface area contributed by atoms with Crippen molar-refractivity contribution in [2.24, 2.45) is 4.99 Å². The summed E-state index contributed by atoms with van der Waals surface area (Å²) in [6, 6.07) is 0. The van der Waals surface area contributed by atoms with E-state index in [0.29, 0.717) is 0 Å². The van der Waals surface area contributed by atoms with Crippen LogP contribution < -0.4 is 0 Å². The minimum absolute atomic E-state index is 1.06. The molecule has 0 atom stereocenters. The van der Waals surface area contributed by atoms with Crippen molar-refractivity contribution >= 4 is 16.8 Å². The predicted octanol–water partition coefficient (Wildman–Crippen LogP) is 3.49. The van der Waals surface area contributed by atoms with Gasteiger partial charge in [-0.2, -0.15) is 0 Å². The quantitative estimate of drug-likeness (QED) is 0.577. The number of unbranched alkanes of at least 4 members (excludes halogenated alkanes) is 4. The fraction of sp³-hybridized carbons (Fsp3) is 0.900. The minimum atomic E-state index is 1.06. The summed E-state index contributed by atoms with van der Waals surface area (Å²) in [5.74, 6) is 1.23. The van der Waals surface area contributed by atoms with Crippen molar-refractivity contribution in [2.75, 3.05) is 12.3 Å². The maximum absolute atomic E-state index is 4.43. The Morgan fingerprint density at radius 3 is 2.75 bits per heavy atom. The molecule has 0 bridgehead atoms. The Morgan fingerprint density at radius 1 is 1.25 bits per heavy atom. The van der Waals surface area contributed by atoms with E-state index < -0.39 is 0 Å². The Labute approximate surface area is 80.0 Å². The van der Waals surface area contributed by atoms with Crippen LogP contribution in [0.3, 0.4) is 0 Å². The number of thioether (sulfide) groups is 1. The van der Waals surface area contributed by atoms with Gasteiger partial charge >= 0.3 is 0 Å². The molecule has 1 aliphatic rings. The van der Waals surface area contributed by atoms with Gasteiger partial charge < -0.3 is 0 Å². The fourth-order valence-corrected chi connectivity index (χ4v) is 2.30. The molecule has 12 heavy (non-hydrogen) atoms. The lowest BCUT2D eigenvalue weighted by Crippen LogP contribution is -1.88. The Kier molecular flexibility index (Phi) is 5.50. The summed E-state index contributed by atoms with van der Waals surface area (Å²) in [5.41, 5.74) is 0. The number of aliphatic imine (C=N–C) groups is 1. The molecule has 0 unspecified atom stereocenters. The summed E-state index contributed by atoms with van der Waals surface area (Å²) in [6.07, 6.45) is 8.15. The van der Waals surface area contributed by atoms with Crippen LogP contribution in [0, 0.1) is 0 Å². The third-order valence-electron chi connectivity index (χ3n) is 2.14. The van der Waals surface area contributed by atoms with Gasteiger partial charge in [-0.05, 0) is 12.8 Å². The average Bonchev–Trinajstić information content (AvgIpc) is 2.57. The van der Waals surface area contributed by atoms with Crippen LogP contribution in [0.25, 0.3) is 0 Å². The van der Waals surface area contributed by atoms with Crippen molar-refractivity contribution < 1.29 is 0 Å². The predicted molar refractivity (Wildman–Crippen MR) is 58.1 cm³/mol. The molecule has 0 fully saturated rings. The monoisotopic (exact) mass is 185 g/mol. The van der Waals surface area contributed by atoms with Crippen molar-refractivity contribution in [3.8, 4) is 0 Å². The number of nitrogens with zero attached hydrogens (tertiary/aromatic N) is 1. The van der Waals surface area contributed by atoms with Gasteiger partial charge in [0.05, 0.1) is 5.04 Å². The zero-order chi connectivity index (χ0) is 8.65. The van der Waals surface area contributed by atoms with Crippen molar-refractivity contribution in [3.63, 3.8) is 0 Å². The summed E-state index contributed by atoms with van der Waals surface area (Å²) >= 11 is 1.96. The fourth-order valence-electron chi connectivity index (χ4n) is 1.41. The first-order chi connectivity index (χ1) is 5.93. The molecule has 0 N–H and O–H groups in total. The van der Waals surface area contributed by atoms with E-state index in [0.717, 1.165) is 6.54 Å². The van der Waals surface area contributed by atoms with Crippen molar-refractivity contribution in [1.82, 2.24) is 0 Å². The molecule has 0 aromatic carbocycles. The van der Waals surface area contributed by atoms with Gasteiger partial charge in [0.15, 0.2) is 0 Å². The first-order valence-electron chi connectivity index (χ1n) is 5.09. The molecule has 0 amide bonds. The van der Waals surface area contributed by atoms with E-state index >= 15 is 0 Å². The Hall–Kier alpha value is 0.0200. The Balaban J connectivity index is 1.88. The second-order valence-corrected chi connectivity index (χ2v) is 4.46. The molecule has 70 valence electrons. The number of hydrogen-bond acceptors (Lipinski definition) is 2. The first-order valence-corrected chi connectivity index (χ1v) is 6.08. The molecule has 0 radical (unpaired) electrons. The van der Waals surface area contributed by atoms with E-state index in [1.54, 1.807) is 0 Å². The zero-order valence-corrected chi connectivity index (χ0v) is 8.83.